The predicted octanol–water partition coefficient (Wildman–Crippen LogP) is 4.16. The van der Waals surface area contributed by atoms with Gasteiger partial charge in [-0.2, -0.15) is 0 Å². The van der Waals surface area contributed by atoms with E-state index in [0.29, 0.717) is 12.3 Å². The summed E-state index contributed by atoms with van der Waals surface area (Å²) in [7, 11) is 0. The van der Waals surface area contributed by atoms with Gasteiger partial charge in [-0.3, -0.25) is 9.59 Å². The van der Waals surface area contributed by atoms with Crippen LogP contribution in [0.4, 0.5) is 0 Å². The van der Waals surface area contributed by atoms with Crippen LogP contribution in [0.2, 0.25) is 0 Å². The van der Waals surface area contributed by atoms with Crippen molar-refractivity contribution in [3.8, 4) is 5.75 Å². The zero-order valence-electron chi connectivity index (χ0n) is 17.7. The molecule has 0 saturated carbocycles. The van der Waals surface area contributed by atoms with Gasteiger partial charge in [0.05, 0.1) is 0 Å². The fraction of sp³-hybridized carbons (Fsp3) is 0.280. The maximum Gasteiger partial charge on any atom is 0.261 e. The molecule has 0 bridgehead atoms. The summed E-state index contributed by atoms with van der Waals surface area (Å²) in [6.07, 6.45) is 0. The normalized spacial score (nSPS) is 11.9. The Bertz CT molecular complexity index is 996. The largest absolute Gasteiger partial charge is 0.483 e. The molecule has 0 spiro atoms. The van der Waals surface area contributed by atoms with Crippen molar-refractivity contribution in [1.29, 1.82) is 0 Å². The highest BCUT2D eigenvalue weighted by Gasteiger charge is 2.27. The van der Waals surface area contributed by atoms with E-state index in [1.165, 1.54) is 0 Å². The van der Waals surface area contributed by atoms with E-state index in [0.717, 1.165) is 16.3 Å². The molecule has 0 aliphatic heterocycles. The van der Waals surface area contributed by atoms with E-state index in [4.69, 9.17) is 4.74 Å². The number of nitrogens with zero attached hydrogens (tertiary/aromatic N) is 1. The summed E-state index contributed by atoms with van der Waals surface area (Å²) in [5, 5.41) is 4.89. The standard InChI is InChI=1S/C25H28N2O3/c1-18(2)26-25(29)19(3)27(16-20-10-5-4-6-11-20)24(28)17-30-23-15-9-13-21-12-7-8-14-22(21)23/h4-15,18-19H,16-17H2,1-3H3,(H,26,29)/t19-/m0/s1. The molecule has 0 heterocycles. The molecule has 0 radical (unpaired) electrons. The van der Waals surface area contributed by atoms with Gasteiger partial charge < -0.3 is 15.0 Å². The maximum atomic E-state index is 13.1. The van der Waals surface area contributed by atoms with Crippen LogP contribution in [-0.4, -0.2) is 35.4 Å². The Labute approximate surface area is 177 Å². The number of amides is 2. The molecule has 2 amide bonds. The Kier molecular flexibility index (Phi) is 7.07. The highest BCUT2D eigenvalue weighted by molar-refractivity contribution is 5.90. The third kappa shape index (κ3) is 5.38. The van der Waals surface area contributed by atoms with Gasteiger partial charge in [-0.1, -0.05) is 66.7 Å². The average Bonchev–Trinajstić information content (AvgIpc) is 2.75. The molecule has 0 saturated heterocycles. The summed E-state index contributed by atoms with van der Waals surface area (Å²) in [5.41, 5.74) is 0.959. The van der Waals surface area contributed by atoms with Crippen molar-refractivity contribution in [1.82, 2.24) is 10.2 Å². The van der Waals surface area contributed by atoms with Crippen LogP contribution < -0.4 is 10.1 Å². The van der Waals surface area contributed by atoms with E-state index < -0.39 is 6.04 Å². The Morgan fingerprint density at radius 1 is 0.900 bits per heavy atom. The second kappa shape index (κ2) is 9.92. The van der Waals surface area contributed by atoms with Crippen molar-refractivity contribution in [3.05, 3.63) is 78.4 Å². The Hall–Kier alpha value is -3.34. The molecule has 3 rings (SSSR count). The minimum atomic E-state index is -0.615. The van der Waals surface area contributed by atoms with Gasteiger partial charge in [-0.05, 0) is 37.8 Å². The number of benzene rings is 3. The first kappa shape index (κ1) is 21.4. The summed E-state index contributed by atoms with van der Waals surface area (Å²) >= 11 is 0. The van der Waals surface area contributed by atoms with Crippen LogP contribution in [0.3, 0.4) is 0 Å². The van der Waals surface area contributed by atoms with Crippen LogP contribution in [-0.2, 0) is 16.1 Å². The quantitative estimate of drug-likeness (QED) is 0.613. The smallest absolute Gasteiger partial charge is 0.261 e. The zero-order chi connectivity index (χ0) is 21.5. The molecule has 0 aliphatic carbocycles. The SMILES string of the molecule is CC(C)NC(=O)[C@H](C)N(Cc1ccccc1)C(=O)COc1cccc2ccccc12. The Morgan fingerprint density at radius 3 is 2.30 bits per heavy atom. The van der Waals surface area contributed by atoms with E-state index >= 15 is 0 Å². The zero-order valence-corrected chi connectivity index (χ0v) is 17.7. The molecule has 5 heteroatoms. The van der Waals surface area contributed by atoms with E-state index in [1.807, 2.05) is 86.6 Å². The summed E-state index contributed by atoms with van der Waals surface area (Å²) in [6.45, 7) is 5.75. The molecule has 0 aromatic heterocycles. The van der Waals surface area contributed by atoms with Crippen LogP contribution >= 0.6 is 0 Å². The summed E-state index contributed by atoms with van der Waals surface area (Å²) in [6, 6.07) is 22.7. The number of hydrogen-bond donors (Lipinski definition) is 1. The highest BCUT2D eigenvalue weighted by Crippen LogP contribution is 2.25. The summed E-state index contributed by atoms with van der Waals surface area (Å²) < 4.78 is 5.89. The average molecular weight is 405 g/mol. The van der Waals surface area contributed by atoms with Crippen molar-refractivity contribution in [3.63, 3.8) is 0 Å². The molecule has 30 heavy (non-hydrogen) atoms. The minimum Gasteiger partial charge on any atom is -0.483 e. The van der Waals surface area contributed by atoms with E-state index in [2.05, 4.69) is 5.32 Å². The van der Waals surface area contributed by atoms with Crippen molar-refractivity contribution < 1.29 is 14.3 Å². The Morgan fingerprint density at radius 2 is 1.57 bits per heavy atom. The number of nitrogens with one attached hydrogen (secondary N) is 1. The lowest BCUT2D eigenvalue weighted by molar-refractivity contribution is -0.142. The summed E-state index contributed by atoms with van der Waals surface area (Å²) in [4.78, 5) is 27.3. The van der Waals surface area contributed by atoms with Crippen molar-refractivity contribution in [2.75, 3.05) is 6.61 Å². The van der Waals surface area contributed by atoms with Gasteiger partial charge in [-0.25, -0.2) is 0 Å². The first-order valence-corrected chi connectivity index (χ1v) is 10.2. The van der Waals surface area contributed by atoms with Gasteiger partial charge in [0.2, 0.25) is 5.91 Å². The number of carbonyl (C=O) groups excluding carboxylic acids is 2. The fourth-order valence-electron chi connectivity index (χ4n) is 3.31. The van der Waals surface area contributed by atoms with Crippen molar-refractivity contribution in [2.45, 2.75) is 39.4 Å². The van der Waals surface area contributed by atoms with Crippen molar-refractivity contribution in [2.24, 2.45) is 0 Å². The summed E-state index contributed by atoms with van der Waals surface area (Å²) in [5.74, 6) is 0.234. The molecule has 156 valence electrons. The Balaban J connectivity index is 1.77. The molecule has 5 nitrogen and oxygen atoms in total. The van der Waals surface area contributed by atoms with Crippen molar-refractivity contribution >= 4 is 22.6 Å². The molecule has 1 atom stereocenters. The second-order valence-electron chi connectivity index (χ2n) is 7.61. The van der Waals surface area contributed by atoms with Crippen LogP contribution in [0.25, 0.3) is 10.8 Å². The maximum absolute atomic E-state index is 13.1. The third-order valence-electron chi connectivity index (χ3n) is 4.89. The molecular weight excluding hydrogens is 376 g/mol. The van der Waals surface area contributed by atoms with Gasteiger partial charge in [0.15, 0.2) is 6.61 Å². The molecule has 3 aromatic rings. The number of hydrogen-bond acceptors (Lipinski definition) is 3. The van der Waals surface area contributed by atoms with Gasteiger partial charge in [0, 0.05) is 18.0 Å². The van der Waals surface area contributed by atoms with E-state index in [9.17, 15) is 9.59 Å². The lowest BCUT2D eigenvalue weighted by Crippen LogP contribution is -2.50. The predicted molar refractivity (Wildman–Crippen MR) is 119 cm³/mol. The lowest BCUT2D eigenvalue weighted by Gasteiger charge is -2.29. The van der Waals surface area contributed by atoms with Gasteiger partial charge >= 0.3 is 0 Å². The number of ether oxygens (including phenoxy) is 1. The van der Waals surface area contributed by atoms with E-state index in [1.54, 1.807) is 11.8 Å². The van der Waals surface area contributed by atoms with Crippen LogP contribution in [0.5, 0.6) is 5.75 Å². The number of fused-ring (bicyclic) bond motifs is 1. The second-order valence-corrected chi connectivity index (χ2v) is 7.61. The molecule has 0 aliphatic rings. The topological polar surface area (TPSA) is 58.6 Å². The molecule has 0 fully saturated rings. The highest BCUT2D eigenvalue weighted by atomic mass is 16.5. The van der Waals surface area contributed by atoms with Gasteiger partial charge in [-0.15, -0.1) is 0 Å². The lowest BCUT2D eigenvalue weighted by atomic mass is 10.1. The van der Waals surface area contributed by atoms with Gasteiger partial charge in [0.25, 0.3) is 5.91 Å². The molecular formula is C25H28N2O3. The monoisotopic (exact) mass is 404 g/mol. The third-order valence-corrected chi connectivity index (χ3v) is 4.89. The number of rotatable bonds is 8. The van der Waals surface area contributed by atoms with Crippen LogP contribution in [0, 0.1) is 0 Å². The van der Waals surface area contributed by atoms with E-state index in [-0.39, 0.29) is 24.5 Å². The molecule has 3 aromatic carbocycles. The van der Waals surface area contributed by atoms with Gasteiger partial charge in [0.1, 0.15) is 11.8 Å². The fourth-order valence-corrected chi connectivity index (χ4v) is 3.31. The first-order chi connectivity index (χ1) is 14.5. The number of carbonyl (C=O) groups is 2. The molecule has 0 unspecified atom stereocenters. The first-order valence-electron chi connectivity index (χ1n) is 10.2. The molecule has 1 N–H and O–H groups in total. The van der Waals surface area contributed by atoms with Crippen LogP contribution in [0.1, 0.15) is 26.3 Å². The minimum absolute atomic E-state index is 0.000519. The van der Waals surface area contributed by atoms with Crippen LogP contribution in [0.15, 0.2) is 72.8 Å².